The van der Waals surface area contributed by atoms with Crippen LogP contribution in [0.2, 0.25) is 0 Å². The third kappa shape index (κ3) is 4.69. The zero-order valence-corrected chi connectivity index (χ0v) is 15.5. The van der Waals surface area contributed by atoms with E-state index < -0.39 is 0 Å². The summed E-state index contributed by atoms with van der Waals surface area (Å²) in [6.07, 6.45) is 0.835. The van der Waals surface area contributed by atoms with E-state index in [0.29, 0.717) is 18.9 Å². The molecule has 2 aromatic carbocycles. The van der Waals surface area contributed by atoms with Gasteiger partial charge < -0.3 is 19.5 Å². The first-order valence-electron chi connectivity index (χ1n) is 8.83. The largest absolute Gasteiger partial charge is 0.492 e. The molecule has 26 heavy (non-hydrogen) atoms. The summed E-state index contributed by atoms with van der Waals surface area (Å²) in [5.41, 5.74) is 2.01. The molecular formula is C21H25NO4. The summed E-state index contributed by atoms with van der Waals surface area (Å²) >= 11 is 0. The second kappa shape index (κ2) is 7.68. The summed E-state index contributed by atoms with van der Waals surface area (Å²) in [6, 6.07) is 13.6. The van der Waals surface area contributed by atoms with Crippen LogP contribution in [0.5, 0.6) is 17.2 Å². The van der Waals surface area contributed by atoms with Gasteiger partial charge in [0.1, 0.15) is 18.0 Å². The van der Waals surface area contributed by atoms with Gasteiger partial charge in [0.05, 0.1) is 6.54 Å². The number of hydrogen-bond donors (Lipinski definition) is 1. The van der Waals surface area contributed by atoms with Crippen LogP contribution in [-0.2, 0) is 11.2 Å². The van der Waals surface area contributed by atoms with Crippen molar-refractivity contribution in [2.75, 3.05) is 19.8 Å². The minimum atomic E-state index is -0.239. The molecule has 0 bridgehead atoms. The van der Waals surface area contributed by atoms with Crippen molar-refractivity contribution in [3.63, 3.8) is 0 Å². The molecule has 0 atom stereocenters. The predicted molar refractivity (Wildman–Crippen MR) is 100 cm³/mol. The van der Waals surface area contributed by atoms with Crippen molar-refractivity contribution in [1.29, 1.82) is 0 Å². The van der Waals surface area contributed by atoms with Gasteiger partial charge in [-0.05, 0) is 44.5 Å². The summed E-state index contributed by atoms with van der Waals surface area (Å²) in [5.74, 6) is 1.97. The van der Waals surface area contributed by atoms with Crippen molar-refractivity contribution in [3.8, 4) is 17.2 Å². The highest BCUT2D eigenvalue weighted by Gasteiger charge is 2.32. The van der Waals surface area contributed by atoms with Crippen LogP contribution in [0.25, 0.3) is 0 Å². The van der Waals surface area contributed by atoms with Gasteiger partial charge in [-0.2, -0.15) is 0 Å². The molecule has 0 unspecified atom stereocenters. The van der Waals surface area contributed by atoms with Gasteiger partial charge in [0.25, 0.3) is 5.91 Å². The zero-order chi connectivity index (χ0) is 18.6. The van der Waals surface area contributed by atoms with Crippen LogP contribution in [0.15, 0.2) is 42.5 Å². The first kappa shape index (κ1) is 18.1. The lowest BCUT2D eigenvalue weighted by atomic mass is 10.0. The van der Waals surface area contributed by atoms with Gasteiger partial charge in [-0.3, -0.25) is 4.79 Å². The molecule has 0 radical (unpaired) electrons. The van der Waals surface area contributed by atoms with Crippen LogP contribution in [-0.4, -0.2) is 31.3 Å². The summed E-state index contributed by atoms with van der Waals surface area (Å²) in [7, 11) is 0. The first-order chi connectivity index (χ1) is 12.4. The Labute approximate surface area is 154 Å². The molecule has 0 fully saturated rings. The Morgan fingerprint density at radius 3 is 2.81 bits per heavy atom. The van der Waals surface area contributed by atoms with Gasteiger partial charge in [-0.25, -0.2) is 0 Å². The third-order valence-electron chi connectivity index (χ3n) is 4.10. The number of ether oxygens (including phenoxy) is 3. The molecule has 5 nitrogen and oxygen atoms in total. The average molecular weight is 355 g/mol. The molecule has 3 rings (SSSR count). The number of nitrogens with one attached hydrogen (secondary N) is 1. The van der Waals surface area contributed by atoms with Crippen LogP contribution < -0.4 is 19.5 Å². The minimum absolute atomic E-state index is 0.0509. The van der Waals surface area contributed by atoms with E-state index in [9.17, 15) is 4.79 Å². The number of carbonyl (C=O) groups excluding carboxylic acids is 1. The van der Waals surface area contributed by atoms with E-state index in [1.165, 1.54) is 0 Å². The molecule has 0 aliphatic carbocycles. The van der Waals surface area contributed by atoms with E-state index in [2.05, 4.69) is 5.32 Å². The number of fused-ring (bicyclic) bond motifs is 1. The number of rotatable bonds is 7. The van der Waals surface area contributed by atoms with Gasteiger partial charge in [0, 0.05) is 12.0 Å². The molecule has 1 amide bonds. The summed E-state index contributed by atoms with van der Waals surface area (Å²) in [5, 5.41) is 2.79. The molecule has 0 aromatic heterocycles. The summed E-state index contributed by atoms with van der Waals surface area (Å²) in [4.78, 5) is 12.0. The van der Waals surface area contributed by atoms with E-state index in [4.69, 9.17) is 14.2 Å². The van der Waals surface area contributed by atoms with Crippen molar-refractivity contribution in [1.82, 2.24) is 5.32 Å². The summed E-state index contributed by atoms with van der Waals surface area (Å²) < 4.78 is 17.2. The van der Waals surface area contributed by atoms with E-state index in [-0.39, 0.29) is 18.1 Å². The van der Waals surface area contributed by atoms with Crippen LogP contribution >= 0.6 is 0 Å². The fraction of sp³-hybridized carbons (Fsp3) is 0.381. The molecule has 0 saturated heterocycles. The molecule has 138 valence electrons. The maximum Gasteiger partial charge on any atom is 0.258 e. The highest BCUT2D eigenvalue weighted by atomic mass is 16.5. The van der Waals surface area contributed by atoms with Crippen molar-refractivity contribution in [2.24, 2.45) is 0 Å². The van der Waals surface area contributed by atoms with Gasteiger partial charge >= 0.3 is 0 Å². The average Bonchev–Trinajstić information content (AvgIpc) is 2.91. The molecule has 1 aliphatic rings. The molecule has 1 heterocycles. The zero-order valence-electron chi connectivity index (χ0n) is 15.5. The Morgan fingerprint density at radius 1 is 1.19 bits per heavy atom. The third-order valence-corrected chi connectivity index (χ3v) is 4.10. The van der Waals surface area contributed by atoms with Gasteiger partial charge in [0.2, 0.25) is 0 Å². The predicted octanol–water partition coefficient (Wildman–Crippen LogP) is 3.28. The van der Waals surface area contributed by atoms with Crippen molar-refractivity contribution in [2.45, 2.75) is 32.8 Å². The standard InChI is InChI=1S/C21H25NO4/c1-15-6-4-8-17(12-15)24-11-10-22-19(23)14-25-18-9-5-7-16-13-21(2,3)26-20(16)18/h4-9,12H,10-11,13-14H2,1-3H3,(H,22,23). The summed E-state index contributed by atoms with van der Waals surface area (Å²) in [6.45, 7) is 6.87. The Kier molecular flexibility index (Phi) is 5.35. The van der Waals surface area contributed by atoms with Crippen molar-refractivity contribution < 1.29 is 19.0 Å². The normalized spacial score (nSPS) is 14.3. The molecule has 1 aliphatic heterocycles. The number of amides is 1. The lowest BCUT2D eigenvalue weighted by Crippen LogP contribution is -2.32. The van der Waals surface area contributed by atoms with Crippen LogP contribution in [0.3, 0.4) is 0 Å². The quantitative estimate of drug-likeness (QED) is 0.775. The first-order valence-corrected chi connectivity index (χ1v) is 8.83. The van der Waals surface area contributed by atoms with Crippen molar-refractivity contribution >= 4 is 5.91 Å². The van der Waals surface area contributed by atoms with E-state index in [0.717, 1.165) is 29.0 Å². The van der Waals surface area contributed by atoms with Crippen molar-refractivity contribution in [3.05, 3.63) is 53.6 Å². The van der Waals surface area contributed by atoms with Gasteiger partial charge in [-0.1, -0.05) is 24.3 Å². The molecule has 1 N–H and O–H groups in total. The Balaban J connectivity index is 1.42. The monoisotopic (exact) mass is 355 g/mol. The number of para-hydroxylation sites is 1. The van der Waals surface area contributed by atoms with Crippen LogP contribution in [0, 0.1) is 6.92 Å². The minimum Gasteiger partial charge on any atom is -0.492 e. The smallest absolute Gasteiger partial charge is 0.258 e. The Hall–Kier alpha value is -2.69. The fourth-order valence-electron chi connectivity index (χ4n) is 2.96. The highest BCUT2D eigenvalue weighted by molar-refractivity contribution is 5.77. The van der Waals surface area contributed by atoms with Crippen LogP contribution in [0.1, 0.15) is 25.0 Å². The van der Waals surface area contributed by atoms with E-state index in [1.54, 1.807) is 0 Å². The van der Waals surface area contributed by atoms with Gasteiger partial charge in [0.15, 0.2) is 18.1 Å². The fourth-order valence-corrected chi connectivity index (χ4v) is 2.96. The molecule has 0 saturated carbocycles. The number of benzene rings is 2. The van der Waals surface area contributed by atoms with Gasteiger partial charge in [-0.15, -0.1) is 0 Å². The lowest BCUT2D eigenvalue weighted by molar-refractivity contribution is -0.123. The molecule has 5 heteroatoms. The van der Waals surface area contributed by atoms with E-state index >= 15 is 0 Å². The molecular weight excluding hydrogens is 330 g/mol. The lowest BCUT2D eigenvalue weighted by Gasteiger charge is -2.18. The second-order valence-electron chi connectivity index (χ2n) is 7.09. The molecule has 0 spiro atoms. The second-order valence-corrected chi connectivity index (χ2v) is 7.09. The maximum atomic E-state index is 12.0. The number of aryl methyl sites for hydroxylation is 1. The molecule has 2 aromatic rings. The SMILES string of the molecule is Cc1cccc(OCCNC(=O)COc2cccc3c2OC(C)(C)C3)c1. The highest BCUT2D eigenvalue weighted by Crippen LogP contribution is 2.41. The van der Waals surface area contributed by atoms with E-state index in [1.807, 2.05) is 63.2 Å². The topological polar surface area (TPSA) is 56.8 Å². The Bertz CT molecular complexity index is 785. The number of carbonyl (C=O) groups is 1. The maximum absolute atomic E-state index is 12.0. The van der Waals surface area contributed by atoms with Crippen LogP contribution in [0.4, 0.5) is 0 Å². The number of hydrogen-bond acceptors (Lipinski definition) is 4. The Morgan fingerprint density at radius 2 is 2.00 bits per heavy atom.